The summed E-state index contributed by atoms with van der Waals surface area (Å²) in [6.45, 7) is 2.73. The highest BCUT2D eigenvalue weighted by atomic mass is 32.1. The Hall–Kier alpha value is -1.60. The van der Waals surface area contributed by atoms with Gasteiger partial charge in [0.05, 0.1) is 6.61 Å². The molecule has 2 aromatic rings. The van der Waals surface area contributed by atoms with Gasteiger partial charge in [0.25, 0.3) is 0 Å². The molecule has 0 aliphatic heterocycles. The number of thiophene rings is 1. The first-order chi connectivity index (χ1) is 9.72. The second-order valence-electron chi connectivity index (χ2n) is 4.11. The quantitative estimate of drug-likeness (QED) is 0.465. The predicted octanol–water partition coefficient (Wildman–Crippen LogP) is 2.14. The van der Waals surface area contributed by atoms with Crippen LogP contribution in [-0.2, 0) is 6.54 Å². The number of nitrogens with one attached hydrogen (secondary N) is 2. The zero-order valence-electron chi connectivity index (χ0n) is 11.2. The Balaban J connectivity index is 1.89. The van der Waals surface area contributed by atoms with E-state index in [4.69, 9.17) is 4.74 Å². The van der Waals surface area contributed by atoms with Crippen molar-refractivity contribution in [2.24, 2.45) is 0 Å². The molecule has 0 spiro atoms. The van der Waals surface area contributed by atoms with Gasteiger partial charge in [0.15, 0.2) is 17.7 Å². The van der Waals surface area contributed by atoms with Gasteiger partial charge < -0.3 is 14.9 Å². The largest absolute Gasteiger partial charge is 0.504 e. The summed E-state index contributed by atoms with van der Waals surface area (Å²) in [5.74, 6) is 0.583. The maximum atomic E-state index is 10.0. The summed E-state index contributed by atoms with van der Waals surface area (Å²) in [7, 11) is 0. The van der Waals surface area contributed by atoms with Gasteiger partial charge in [-0.15, -0.1) is 11.3 Å². The van der Waals surface area contributed by atoms with Crippen LogP contribution in [-0.4, -0.2) is 16.8 Å². The van der Waals surface area contributed by atoms with Crippen molar-refractivity contribution < 1.29 is 14.9 Å². The Morgan fingerprint density at radius 2 is 2.15 bits per heavy atom. The van der Waals surface area contributed by atoms with Crippen LogP contribution in [0, 0.1) is 0 Å². The molecule has 0 bridgehead atoms. The number of phenols is 1. The number of aliphatic hydroxyl groups excluding tert-OH is 1. The summed E-state index contributed by atoms with van der Waals surface area (Å²) in [4.78, 5) is 0.824. The third-order valence-corrected chi connectivity index (χ3v) is 3.64. The number of para-hydroxylation sites is 1. The fourth-order valence-electron chi connectivity index (χ4n) is 1.74. The molecule has 0 aliphatic carbocycles. The van der Waals surface area contributed by atoms with Gasteiger partial charge in [0.2, 0.25) is 0 Å². The zero-order chi connectivity index (χ0) is 14.4. The van der Waals surface area contributed by atoms with Gasteiger partial charge in [-0.05, 0) is 24.4 Å². The lowest BCUT2D eigenvalue weighted by molar-refractivity contribution is 0.122. The smallest absolute Gasteiger partial charge is 0.162 e. The fourth-order valence-corrected chi connectivity index (χ4v) is 2.40. The van der Waals surface area contributed by atoms with Crippen LogP contribution >= 0.6 is 11.3 Å². The minimum atomic E-state index is -0.771. The number of aromatic hydroxyl groups is 1. The average Bonchev–Trinajstić information content (AvgIpc) is 2.97. The molecule has 2 rings (SSSR count). The molecule has 6 heteroatoms. The van der Waals surface area contributed by atoms with E-state index in [0.29, 0.717) is 24.5 Å². The summed E-state index contributed by atoms with van der Waals surface area (Å²) in [6, 6.07) is 9.05. The number of aliphatic hydroxyl groups is 1. The number of phenolic OH excluding ortho intramolecular Hbond substituents is 1. The number of hydrogen-bond donors (Lipinski definition) is 4. The van der Waals surface area contributed by atoms with E-state index >= 15 is 0 Å². The summed E-state index contributed by atoms with van der Waals surface area (Å²) >= 11 is 1.47. The second-order valence-corrected chi connectivity index (χ2v) is 5.09. The van der Waals surface area contributed by atoms with Crippen molar-refractivity contribution in [1.82, 2.24) is 10.9 Å². The standard InChI is InChI=1S/C14H18N2O3S/c1-2-19-11-6-3-5-10(13(11)17)9-15-16-14(18)12-7-4-8-20-12/h3-8,14-18H,2,9H2,1H3. The molecule has 0 radical (unpaired) electrons. The van der Waals surface area contributed by atoms with Gasteiger partial charge >= 0.3 is 0 Å². The van der Waals surface area contributed by atoms with E-state index < -0.39 is 6.23 Å². The topological polar surface area (TPSA) is 73.8 Å². The van der Waals surface area contributed by atoms with Crippen molar-refractivity contribution in [1.29, 1.82) is 0 Å². The van der Waals surface area contributed by atoms with E-state index in [2.05, 4.69) is 10.9 Å². The van der Waals surface area contributed by atoms with E-state index in [-0.39, 0.29) is 5.75 Å². The highest BCUT2D eigenvalue weighted by Gasteiger charge is 2.09. The third kappa shape index (κ3) is 3.71. The van der Waals surface area contributed by atoms with Crippen molar-refractivity contribution in [2.45, 2.75) is 19.7 Å². The Labute approximate surface area is 121 Å². The van der Waals surface area contributed by atoms with Crippen molar-refractivity contribution >= 4 is 11.3 Å². The first kappa shape index (κ1) is 14.8. The van der Waals surface area contributed by atoms with Gasteiger partial charge in [-0.25, -0.2) is 5.43 Å². The highest BCUT2D eigenvalue weighted by molar-refractivity contribution is 7.10. The van der Waals surface area contributed by atoms with Crippen LogP contribution in [0.1, 0.15) is 23.6 Å². The average molecular weight is 294 g/mol. The normalized spacial score (nSPS) is 12.3. The Bertz CT molecular complexity index is 531. The van der Waals surface area contributed by atoms with Crippen LogP contribution in [0.2, 0.25) is 0 Å². The number of benzene rings is 1. The molecule has 1 aromatic heterocycles. The maximum absolute atomic E-state index is 10.0. The van der Waals surface area contributed by atoms with E-state index in [1.807, 2.05) is 30.5 Å². The molecule has 108 valence electrons. The number of ether oxygens (including phenoxy) is 1. The van der Waals surface area contributed by atoms with Crippen LogP contribution < -0.4 is 15.6 Å². The molecule has 0 amide bonds. The van der Waals surface area contributed by atoms with Crippen LogP contribution in [0.4, 0.5) is 0 Å². The SMILES string of the molecule is CCOc1cccc(CNNC(O)c2cccs2)c1O. The molecule has 4 N–H and O–H groups in total. The van der Waals surface area contributed by atoms with Crippen molar-refractivity contribution in [2.75, 3.05) is 6.61 Å². The number of hydrazine groups is 1. The molecule has 20 heavy (non-hydrogen) atoms. The zero-order valence-corrected chi connectivity index (χ0v) is 12.0. The second kappa shape index (κ2) is 7.25. The molecule has 1 aromatic carbocycles. The molecule has 0 saturated carbocycles. The molecular weight excluding hydrogens is 276 g/mol. The van der Waals surface area contributed by atoms with E-state index in [9.17, 15) is 10.2 Å². The van der Waals surface area contributed by atoms with Gasteiger partial charge in [-0.1, -0.05) is 18.2 Å². The van der Waals surface area contributed by atoms with Crippen LogP contribution in [0.3, 0.4) is 0 Å². The summed E-state index contributed by atoms with van der Waals surface area (Å²) in [6.07, 6.45) is -0.771. The first-order valence-corrected chi connectivity index (χ1v) is 7.24. The molecular formula is C14H18N2O3S. The molecule has 5 nitrogen and oxygen atoms in total. The summed E-state index contributed by atoms with van der Waals surface area (Å²) in [5.41, 5.74) is 6.36. The van der Waals surface area contributed by atoms with Crippen LogP contribution in [0.25, 0.3) is 0 Å². The van der Waals surface area contributed by atoms with E-state index in [1.54, 1.807) is 12.1 Å². The van der Waals surface area contributed by atoms with Crippen molar-refractivity contribution in [3.63, 3.8) is 0 Å². The third-order valence-electron chi connectivity index (χ3n) is 2.71. The molecule has 1 heterocycles. The summed E-state index contributed by atoms with van der Waals surface area (Å²) in [5, 5.41) is 21.8. The lowest BCUT2D eigenvalue weighted by atomic mass is 10.2. The molecule has 1 unspecified atom stereocenters. The van der Waals surface area contributed by atoms with Crippen molar-refractivity contribution in [3.8, 4) is 11.5 Å². The Morgan fingerprint density at radius 1 is 1.30 bits per heavy atom. The number of rotatable bonds is 7. The fraction of sp³-hybridized carbons (Fsp3) is 0.286. The molecule has 1 atom stereocenters. The summed E-state index contributed by atoms with van der Waals surface area (Å²) < 4.78 is 5.32. The molecule has 0 aliphatic rings. The number of hydrogen-bond acceptors (Lipinski definition) is 6. The maximum Gasteiger partial charge on any atom is 0.162 e. The monoisotopic (exact) mass is 294 g/mol. The predicted molar refractivity (Wildman–Crippen MR) is 78.5 cm³/mol. The van der Waals surface area contributed by atoms with Gasteiger partial charge in [0.1, 0.15) is 0 Å². The van der Waals surface area contributed by atoms with E-state index in [1.165, 1.54) is 11.3 Å². The lowest BCUT2D eigenvalue weighted by Gasteiger charge is -2.14. The van der Waals surface area contributed by atoms with Gasteiger partial charge in [-0.2, -0.15) is 0 Å². The first-order valence-electron chi connectivity index (χ1n) is 6.36. The van der Waals surface area contributed by atoms with Crippen LogP contribution in [0.5, 0.6) is 11.5 Å². The van der Waals surface area contributed by atoms with Crippen molar-refractivity contribution in [3.05, 3.63) is 46.2 Å². The Morgan fingerprint density at radius 3 is 2.85 bits per heavy atom. The molecule has 0 fully saturated rings. The van der Waals surface area contributed by atoms with E-state index in [0.717, 1.165) is 4.88 Å². The molecule has 0 saturated heterocycles. The minimum absolute atomic E-state index is 0.120. The van der Waals surface area contributed by atoms with Crippen LogP contribution in [0.15, 0.2) is 35.7 Å². The Kier molecular flexibility index (Phi) is 5.37. The highest BCUT2D eigenvalue weighted by Crippen LogP contribution is 2.29. The van der Waals surface area contributed by atoms with Gasteiger partial charge in [-0.3, -0.25) is 5.43 Å². The lowest BCUT2D eigenvalue weighted by Crippen LogP contribution is -2.34. The minimum Gasteiger partial charge on any atom is -0.504 e. The van der Waals surface area contributed by atoms with Gasteiger partial charge in [0, 0.05) is 17.0 Å².